The van der Waals surface area contributed by atoms with Gasteiger partial charge in [0.15, 0.2) is 5.69 Å². The fraction of sp³-hybridized carbons (Fsp3) is 0.400. The minimum atomic E-state index is -0.0674. The first-order chi connectivity index (χ1) is 10.3. The zero-order valence-corrected chi connectivity index (χ0v) is 13.1. The van der Waals surface area contributed by atoms with E-state index in [4.69, 9.17) is 5.73 Å². The smallest absolute Gasteiger partial charge is 0.276 e. The van der Waals surface area contributed by atoms with Crippen LogP contribution in [0.2, 0.25) is 0 Å². The third-order valence-electron chi connectivity index (χ3n) is 3.86. The van der Waals surface area contributed by atoms with Crippen molar-refractivity contribution in [3.8, 4) is 0 Å². The monoisotopic (exact) mass is 321 g/mol. The zero-order valence-electron chi connectivity index (χ0n) is 12.3. The van der Waals surface area contributed by atoms with Gasteiger partial charge in [0.2, 0.25) is 0 Å². The second-order valence-electron chi connectivity index (χ2n) is 5.32. The second kappa shape index (κ2) is 7.38. The summed E-state index contributed by atoms with van der Waals surface area (Å²) in [7, 11) is 0. The Morgan fingerprint density at radius 1 is 1.32 bits per heavy atom. The van der Waals surface area contributed by atoms with E-state index in [1.165, 1.54) is 0 Å². The Morgan fingerprint density at radius 3 is 2.82 bits per heavy atom. The molecule has 6 nitrogen and oxygen atoms in total. The van der Waals surface area contributed by atoms with Gasteiger partial charge >= 0.3 is 0 Å². The molecule has 1 unspecified atom stereocenters. The summed E-state index contributed by atoms with van der Waals surface area (Å²) in [6, 6.07) is 10.1. The fourth-order valence-electron chi connectivity index (χ4n) is 2.74. The van der Waals surface area contributed by atoms with Gasteiger partial charge in [0.25, 0.3) is 5.91 Å². The molecule has 0 spiro atoms. The van der Waals surface area contributed by atoms with E-state index in [-0.39, 0.29) is 24.4 Å². The van der Waals surface area contributed by atoms with Gasteiger partial charge in [-0.25, -0.2) is 4.68 Å². The van der Waals surface area contributed by atoms with Crippen LogP contribution in [0, 0.1) is 0 Å². The lowest BCUT2D eigenvalue weighted by atomic mass is 10.2. The topological polar surface area (TPSA) is 77.0 Å². The number of hydrogen-bond acceptors (Lipinski definition) is 4. The van der Waals surface area contributed by atoms with Crippen LogP contribution in [-0.2, 0) is 6.54 Å². The molecular formula is C15H20ClN5O. The number of amides is 1. The molecule has 1 amide bonds. The maximum Gasteiger partial charge on any atom is 0.276 e. The molecule has 3 rings (SSSR count). The summed E-state index contributed by atoms with van der Waals surface area (Å²) in [5.41, 5.74) is 7.23. The van der Waals surface area contributed by atoms with Crippen molar-refractivity contribution in [3.05, 3.63) is 47.8 Å². The Labute approximate surface area is 135 Å². The third kappa shape index (κ3) is 3.45. The van der Waals surface area contributed by atoms with E-state index in [0.717, 1.165) is 24.9 Å². The summed E-state index contributed by atoms with van der Waals surface area (Å²) < 4.78 is 1.69. The fourth-order valence-corrected chi connectivity index (χ4v) is 2.74. The molecule has 2 heterocycles. The van der Waals surface area contributed by atoms with Crippen LogP contribution in [0.1, 0.15) is 28.9 Å². The molecule has 0 aliphatic carbocycles. The van der Waals surface area contributed by atoms with Gasteiger partial charge in [-0.05, 0) is 18.4 Å². The molecule has 0 bridgehead atoms. The predicted octanol–water partition coefficient (Wildman–Crippen LogP) is 1.31. The number of benzene rings is 1. The first kappa shape index (κ1) is 16.5. The van der Waals surface area contributed by atoms with Crippen LogP contribution >= 0.6 is 12.4 Å². The molecule has 1 aliphatic rings. The highest BCUT2D eigenvalue weighted by molar-refractivity contribution is 5.92. The largest absolute Gasteiger partial charge is 0.333 e. The number of halogens is 1. The number of aromatic nitrogens is 3. The van der Waals surface area contributed by atoms with E-state index in [1.807, 2.05) is 35.2 Å². The molecule has 7 heteroatoms. The van der Waals surface area contributed by atoms with E-state index < -0.39 is 0 Å². The van der Waals surface area contributed by atoms with Crippen LogP contribution < -0.4 is 5.73 Å². The molecule has 1 aliphatic heterocycles. The highest BCUT2D eigenvalue weighted by Gasteiger charge is 2.29. The van der Waals surface area contributed by atoms with Crippen LogP contribution in [0.3, 0.4) is 0 Å². The first-order valence-electron chi connectivity index (χ1n) is 7.23. The van der Waals surface area contributed by atoms with Gasteiger partial charge < -0.3 is 10.6 Å². The van der Waals surface area contributed by atoms with Crippen LogP contribution in [0.15, 0.2) is 36.5 Å². The predicted molar refractivity (Wildman–Crippen MR) is 85.9 cm³/mol. The van der Waals surface area contributed by atoms with Crippen molar-refractivity contribution in [2.75, 3.05) is 13.1 Å². The highest BCUT2D eigenvalue weighted by Crippen LogP contribution is 2.18. The summed E-state index contributed by atoms with van der Waals surface area (Å²) in [6.07, 6.45) is 3.69. The van der Waals surface area contributed by atoms with E-state index in [2.05, 4.69) is 10.3 Å². The number of rotatable bonds is 4. The molecule has 0 saturated carbocycles. The molecule has 118 valence electrons. The number of nitrogens with two attached hydrogens (primary N) is 1. The van der Waals surface area contributed by atoms with Crippen molar-refractivity contribution in [1.82, 2.24) is 19.9 Å². The molecule has 1 aromatic carbocycles. The molecular weight excluding hydrogens is 302 g/mol. The molecule has 1 atom stereocenters. The standard InChI is InChI=1S/C15H19N5O.ClH/c16-9-13-7-4-8-20(13)15(21)14-11-19(18-17-14)10-12-5-2-1-3-6-12;/h1-3,5-6,11,13H,4,7-10,16H2;1H. The number of hydrogen-bond donors (Lipinski definition) is 1. The van der Waals surface area contributed by atoms with Gasteiger partial charge in [-0.15, -0.1) is 17.5 Å². The lowest BCUT2D eigenvalue weighted by Crippen LogP contribution is -2.40. The van der Waals surface area contributed by atoms with Crippen LogP contribution in [0.25, 0.3) is 0 Å². The Morgan fingerprint density at radius 2 is 2.09 bits per heavy atom. The van der Waals surface area contributed by atoms with Gasteiger partial charge in [0, 0.05) is 19.1 Å². The van der Waals surface area contributed by atoms with Crippen molar-refractivity contribution in [1.29, 1.82) is 0 Å². The number of carbonyl (C=O) groups excluding carboxylic acids is 1. The minimum Gasteiger partial charge on any atom is -0.333 e. The summed E-state index contributed by atoms with van der Waals surface area (Å²) >= 11 is 0. The van der Waals surface area contributed by atoms with Crippen LogP contribution in [-0.4, -0.2) is 44.9 Å². The van der Waals surface area contributed by atoms with Crippen molar-refractivity contribution in [2.45, 2.75) is 25.4 Å². The van der Waals surface area contributed by atoms with Gasteiger partial charge in [-0.3, -0.25) is 4.79 Å². The van der Waals surface area contributed by atoms with Gasteiger partial charge in [0.1, 0.15) is 0 Å². The quantitative estimate of drug-likeness (QED) is 0.921. The van der Waals surface area contributed by atoms with Gasteiger partial charge in [0.05, 0.1) is 12.7 Å². The molecule has 22 heavy (non-hydrogen) atoms. The Kier molecular flexibility index (Phi) is 5.51. The van der Waals surface area contributed by atoms with Crippen molar-refractivity contribution >= 4 is 18.3 Å². The summed E-state index contributed by atoms with van der Waals surface area (Å²) in [5, 5.41) is 8.05. The third-order valence-corrected chi connectivity index (χ3v) is 3.86. The SMILES string of the molecule is Cl.NCC1CCCN1C(=O)c1cn(Cc2ccccc2)nn1. The lowest BCUT2D eigenvalue weighted by Gasteiger charge is -2.22. The van der Waals surface area contributed by atoms with Crippen LogP contribution in [0.5, 0.6) is 0 Å². The zero-order chi connectivity index (χ0) is 14.7. The van der Waals surface area contributed by atoms with Crippen molar-refractivity contribution < 1.29 is 4.79 Å². The minimum absolute atomic E-state index is 0. The number of carbonyl (C=O) groups is 1. The molecule has 2 aromatic rings. The van der Waals surface area contributed by atoms with E-state index in [9.17, 15) is 4.79 Å². The Hall–Kier alpha value is -1.92. The summed E-state index contributed by atoms with van der Waals surface area (Å²) in [6.45, 7) is 1.87. The van der Waals surface area contributed by atoms with E-state index in [0.29, 0.717) is 18.8 Å². The summed E-state index contributed by atoms with van der Waals surface area (Å²) in [5.74, 6) is -0.0674. The molecule has 0 radical (unpaired) electrons. The average molecular weight is 322 g/mol. The Balaban J connectivity index is 0.00000176. The first-order valence-corrected chi connectivity index (χ1v) is 7.23. The van der Waals surface area contributed by atoms with Crippen molar-refractivity contribution in [3.63, 3.8) is 0 Å². The van der Waals surface area contributed by atoms with E-state index in [1.54, 1.807) is 10.9 Å². The summed E-state index contributed by atoms with van der Waals surface area (Å²) in [4.78, 5) is 14.3. The molecule has 1 saturated heterocycles. The molecule has 1 fully saturated rings. The maximum atomic E-state index is 12.4. The van der Waals surface area contributed by atoms with Crippen molar-refractivity contribution in [2.24, 2.45) is 5.73 Å². The molecule has 2 N–H and O–H groups in total. The average Bonchev–Trinajstić information content (AvgIpc) is 3.16. The number of nitrogens with zero attached hydrogens (tertiary/aromatic N) is 4. The normalized spacial score (nSPS) is 17.3. The maximum absolute atomic E-state index is 12.4. The lowest BCUT2D eigenvalue weighted by molar-refractivity contribution is 0.0735. The van der Waals surface area contributed by atoms with E-state index >= 15 is 0 Å². The second-order valence-corrected chi connectivity index (χ2v) is 5.32. The Bertz CT molecular complexity index is 615. The number of likely N-dealkylation sites (tertiary alicyclic amines) is 1. The van der Waals surface area contributed by atoms with Gasteiger partial charge in [-0.1, -0.05) is 35.5 Å². The van der Waals surface area contributed by atoms with Gasteiger partial charge in [-0.2, -0.15) is 0 Å². The highest BCUT2D eigenvalue weighted by atomic mass is 35.5. The van der Waals surface area contributed by atoms with Crippen LogP contribution in [0.4, 0.5) is 0 Å². The molecule has 1 aromatic heterocycles.